The Hall–Kier alpha value is -2.45. The van der Waals surface area contributed by atoms with Crippen LogP contribution in [0.25, 0.3) is 31.8 Å². The van der Waals surface area contributed by atoms with E-state index in [1.807, 2.05) is 17.5 Å². The van der Waals surface area contributed by atoms with Crippen LogP contribution in [0.5, 0.6) is 0 Å². The smallest absolute Gasteiger partial charge is 0.0880 e. The third-order valence-corrected chi connectivity index (χ3v) is 6.68. The molecular weight excluding hydrogens is 358 g/mol. The topological polar surface area (TPSA) is 12.9 Å². The van der Waals surface area contributed by atoms with Crippen LogP contribution in [0.1, 0.15) is 43.0 Å². The molecule has 0 saturated heterocycles. The van der Waals surface area contributed by atoms with Crippen molar-refractivity contribution < 1.29 is 0 Å². The first kappa shape index (κ1) is 18.9. The molecule has 0 atom stereocenters. The Morgan fingerprint density at radius 2 is 1.54 bits per heavy atom. The highest BCUT2D eigenvalue weighted by atomic mass is 32.1. The second-order valence-corrected chi connectivity index (χ2v) is 9.79. The normalized spacial score (nSPS) is 11.9. The molecule has 0 aliphatic heterocycles. The van der Waals surface area contributed by atoms with Gasteiger partial charge in [0.1, 0.15) is 0 Å². The number of thiophene rings is 1. The molecular formula is C26H27NS. The van der Waals surface area contributed by atoms with E-state index in [1.54, 1.807) is 0 Å². The van der Waals surface area contributed by atoms with E-state index < -0.39 is 0 Å². The fourth-order valence-electron chi connectivity index (χ4n) is 4.06. The van der Waals surface area contributed by atoms with Crippen molar-refractivity contribution in [1.29, 1.82) is 0 Å². The maximum Gasteiger partial charge on any atom is 0.0880 e. The van der Waals surface area contributed by atoms with Crippen LogP contribution in [0.2, 0.25) is 0 Å². The van der Waals surface area contributed by atoms with Crippen molar-refractivity contribution in [1.82, 2.24) is 4.98 Å². The number of aryl methyl sites for hydroxylation is 3. The quantitative estimate of drug-likeness (QED) is 0.342. The molecule has 0 aliphatic carbocycles. The molecule has 142 valence electrons. The summed E-state index contributed by atoms with van der Waals surface area (Å²) < 4.78 is 1.28. The first-order chi connectivity index (χ1) is 13.3. The fourth-order valence-corrected chi connectivity index (χ4v) is 5.41. The monoisotopic (exact) mass is 385 g/mol. The number of aromatic nitrogens is 1. The van der Waals surface area contributed by atoms with E-state index in [1.165, 1.54) is 48.3 Å². The van der Waals surface area contributed by atoms with Gasteiger partial charge >= 0.3 is 0 Å². The minimum Gasteiger partial charge on any atom is -0.255 e. The third-order valence-electron chi connectivity index (χ3n) is 5.33. The molecule has 1 nitrogen and oxygen atoms in total. The Morgan fingerprint density at radius 3 is 2.21 bits per heavy atom. The molecule has 0 bridgehead atoms. The first-order valence-electron chi connectivity index (χ1n) is 9.82. The van der Waals surface area contributed by atoms with E-state index in [-0.39, 0.29) is 5.41 Å². The molecule has 0 unspecified atom stereocenters. The lowest BCUT2D eigenvalue weighted by Gasteiger charge is -2.22. The number of pyridine rings is 1. The third kappa shape index (κ3) is 3.27. The number of benzene rings is 2. The summed E-state index contributed by atoms with van der Waals surface area (Å²) in [7, 11) is 0. The summed E-state index contributed by atoms with van der Waals surface area (Å²) in [4.78, 5) is 6.15. The first-order valence-corrected chi connectivity index (χ1v) is 10.6. The molecule has 4 rings (SSSR count). The number of fused-ring (bicyclic) bond motifs is 1. The Balaban J connectivity index is 1.99. The van der Waals surface area contributed by atoms with Crippen LogP contribution in [0.4, 0.5) is 0 Å². The van der Waals surface area contributed by atoms with Gasteiger partial charge in [-0.25, -0.2) is 0 Å². The van der Waals surface area contributed by atoms with Gasteiger partial charge in [-0.1, -0.05) is 62.2 Å². The zero-order valence-corrected chi connectivity index (χ0v) is 18.4. The lowest BCUT2D eigenvalue weighted by atomic mass is 9.83. The van der Waals surface area contributed by atoms with Gasteiger partial charge in [-0.3, -0.25) is 4.98 Å². The van der Waals surface area contributed by atoms with Crippen LogP contribution < -0.4 is 0 Å². The second-order valence-electron chi connectivity index (χ2n) is 8.76. The molecule has 2 heterocycles. The SMILES string of the molecule is Cc1cc(C)cc(-c2nccc3c(C)c(-c4ccccc4C(C)(C)C)sc23)c1. The molecule has 0 spiro atoms. The zero-order valence-electron chi connectivity index (χ0n) is 17.6. The van der Waals surface area contributed by atoms with Crippen molar-refractivity contribution in [3.63, 3.8) is 0 Å². The Morgan fingerprint density at radius 1 is 0.857 bits per heavy atom. The summed E-state index contributed by atoms with van der Waals surface area (Å²) in [5.74, 6) is 0. The van der Waals surface area contributed by atoms with Crippen LogP contribution in [0.3, 0.4) is 0 Å². The molecule has 28 heavy (non-hydrogen) atoms. The number of nitrogens with zero attached hydrogens (tertiary/aromatic N) is 1. The van der Waals surface area contributed by atoms with Crippen molar-refractivity contribution in [2.45, 2.75) is 47.0 Å². The van der Waals surface area contributed by atoms with Crippen molar-refractivity contribution in [3.05, 3.63) is 77.0 Å². The predicted molar refractivity (Wildman–Crippen MR) is 123 cm³/mol. The average molecular weight is 386 g/mol. The summed E-state index contributed by atoms with van der Waals surface area (Å²) in [5, 5.41) is 1.31. The van der Waals surface area contributed by atoms with Gasteiger partial charge in [0.25, 0.3) is 0 Å². The second kappa shape index (κ2) is 6.86. The molecule has 0 radical (unpaired) electrons. The molecule has 0 saturated carbocycles. The standard InChI is InChI=1S/C26H27NS/c1-16-13-17(2)15-19(14-16)23-25-20(11-12-27-23)18(3)24(28-25)21-9-7-8-10-22(21)26(4,5)6/h7-15H,1-6H3. The van der Waals surface area contributed by atoms with Gasteiger partial charge in [-0.05, 0) is 66.5 Å². The van der Waals surface area contributed by atoms with E-state index in [2.05, 4.69) is 90.1 Å². The summed E-state index contributed by atoms with van der Waals surface area (Å²) in [6.07, 6.45) is 1.95. The van der Waals surface area contributed by atoms with Gasteiger partial charge in [0, 0.05) is 16.6 Å². The summed E-state index contributed by atoms with van der Waals surface area (Å²) in [5.41, 5.74) is 9.06. The summed E-state index contributed by atoms with van der Waals surface area (Å²) in [6.45, 7) is 13.4. The molecule has 4 aromatic rings. The van der Waals surface area contributed by atoms with Crippen LogP contribution in [-0.4, -0.2) is 4.98 Å². The minimum absolute atomic E-state index is 0.105. The molecule has 0 N–H and O–H groups in total. The van der Waals surface area contributed by atoms with Gasteiger partial charge in [-0.15, -0.1) is 11.3 Å². The summed E-state index contributed by atoms with van der Waals surface area (Å²) in [6, 6.07) is 17.7. The summed E-state index contributed by atoms with van der Waals surface area (Å²) >= 11 is 1.88. The van der Waals surface area contributed by atoms with E-state index in [0.717, 1.165) is 5.69 Å². The number of rotatable bonds is 2. The minimum atomic E-state index is 0.105. The molecule has 2 aromatic heterocycles. The van der Waals surface area contributed by atoms with Crippen LogP contribution in [0, 0.1) is 20.8 Å². The molecule has 0 fully saturated rings. The lowest BCUT2D eigenvalue weighted by molar-refractivity contribution is 0.592. The zero-order chi connectivity index (χ0) is 20.1. The molecule has 0 aliphatic rings. The van der Waals surface area contributed by atoms with Gasteiger partial charge < -0.3 is 0 Å². The predicted octanol–water partition coefficient (Wildman–Crippen LogP) is 7.85. The average Bonchev–Trinajstić information content (AvgIpc) is 2.97. The van der Waals surface area contributed by atoms with E-state index >= 15 is 0 Å². The van der Waals surface area contributed by atoms with Crippen molar-refractivity contribution >= 4 is 21.4 Å². The van der Waals surface area contributed by atoms with E-state index in [0.29, 0.717) is 0 Å². The molecule has 2 aromatic carbocycles. The van der Waals surface area contributed by atoms with Gasteiger partial charge in [0.2, 0.25) is 0 Å². The highest BCUT2D eigenvalue weighted by Crippen LogP contribution is 2.44. The molecule has 0 amide bonds. The van der Waals surface area contributed by atoms with Gasteiger partial charge in [-0.2, -0.15) is 0 Å². The number of hydrogen-bond acceptors (Lipinski definition) is 2. The van der Waals surface area contributed by atoms with Crippen molar-refractivity contribution in [2.24, 2.45) is 0 Å². The van der Waals surface area contributed by atoms with Crippen LogP contribution in [-0.2, 0) is 5.41 Å². The lowest BCUT2D eigenvalue weighted by Crippen LogP contribution is -2.12. The Labute approximate surface area is 172 Å². The van der Waals surface area contributed by atoms with Crippen LogP contribution >= 0.6 is 11.3 Å². The van der Waals surface area contributed by atoms with Crippen LogP contribution in [0.15, 0.2) is 54.7 Å². The van der Waals surface area contributed by atoms with Crippen molar-refractivity contribution in [3.8, 4) is 21.7 Å². The van der Waals surface area contributed by atoms with E-state index in [4.69, 9.17) is 4.98 Å². The highest BCUT2D eigenvalue weighted by molar-refractivity contribution is 7.23. The maximum absolute atomic E-state index is 4.79. The maximum atomic E-state index is 4.79. The highest BCUT2D eigenvalue weighted by Gasteiger charge is 2.22. The van der Waals surface area contributed by atoms with E-state index in [9.17, 15) is 0 Å². The Bertz CT molecular complexity index is 1150. The number of hydrogen-bond donors (Lipinski definition) is 0. The van der Waals surface area contributed by atoms with Gasteiger partial charge in [0.15, 0.2) is 0 Å². The van der Waals surface area contributed by atoms with Gasteiger partial charge in [0.05, 0.1) is 10.4 Å². The molecule has 2 heteroatoms. The Kier molecular flexibility index (Phi) is 4.63. The van der Waals surface area contributed by atoms with Crippen molar-refractivity contribution in [2.75, 3.05) is 0 Å². The fraction of sp³-hybridized carbons (Fsp3) is 0.269. The largest absolute Gasteiger partial charge is 0.255 e.